The standard InChI is InChI=1S/C15H19ClFN3O3/c1-15(2,3)10(7-4-5-7)20(14(22)23)13-8(12(18)21)6-9(17)11(16)19-13/h6-7,10H,4-5H2,1-3H3,(H2,18,21)(H,22,23). The molecule has 3 N–H and O–H groups in total. The third-order valence-electron chi connectivity index (χ3n) is 3.85. The lowest BCUT2D eigenvalue weighted by atomic mass is 9.82. The van der Waals surface area contributed by atoms with Crippen LogP contribution in [0, 0.1) is 17.2 Å². The smallest absolute Gasteiger partial charge is 0.413 e. The monoisotopic (exact) mass is 343 g/mol. The predicted molar refractivity (Wildman–Crippen MR) is 84.2 cm³/mol. The average molecular weight is 344 g/mol. The number of amides is 2. The molecule has 1 aromatic rings. The molecule has 1 saturated carbocycles. The fraction of sp³-hybridized carbons (Fsp3) is 0.533. The number of anilines is 1. The predicted octanol–water partition coefficient (Wildman–Crippen LogP) is 3.28. The van der Waals surface area contributed by atoms with Crippen LogP contribution in [-0.2, 0) is 0 Å². The van der Waals surface area contributed by atoms with E-state index in [4.69, 9.17) is 17.3 Å². The lowest BCUT2D eigenvalue weighted by Gasteiger charge is -2.38. The molecule has 6 nitrogen and oxygen atoms in total. The van der Waals surface area contributed by atoms with Crippen LogP contribution in [0.25, 0.3) is 0 Å². The summed E-state index contributed by atoms with van der Waals surface area (Å²) in [7, 11) is 0. The molecule has 0 radical (unpaired) electrons. The molecule has 1 heterocycles. The SMILES string of the molecule is CC(C)(C)C(C1CC1)N(C(=O)O)c1nc(Cl)c(F)cc1C(N)=O. The van der Waals surface area contributed by atoms with Crippen LogP contribution in [0.2, 0.25) is 5.15 Å². The number of hydrogen-bond donors (Lipinski definition) is 2. The number of nitrogens with two attached hydrogens (primary N) is 1. The number of halogens is 2. The first-order chi connectivity index (χ1) is 10.5. The quantitative estimate of drug-likeness (QED) is 0.820. The van der Waals surface area contributed by atoms with Gasteiger partial charge in [-0.25, -0.2) is 14.2 Å². The number of rotatable bonds is 4. The number of primary amides is 1. The van der Waals surface area contributed by atoms with Gasteiger partial charge in [0.15, 0.2) is 16.8 Å². The van der Waals surface area contributed by atoms with Crippen LogP contribution in [0.15, 0.2) is 6.07 Å². The summed E-state index contributed by atoms with van der Waals surface area (Å²) in [4.78, 5) is 28.3. The van der Waals surface area contributed by atoms with Crippen molar-refractivity contribution in [1.82, 2.24) is 4.98 Å². The highest BCUT2D eigenvalue weighted by atomic mass is 35.5. The van der Waals surface area contributed by atoms with E-state index in [0.29, 0.717) is 0 Å². The topological polar surface area (TPSA) is 96.5 Å². The molecule has 1 atom stereocenters. The van der Waals surface area contributed by atoms with E-state index in [1.54, 1.807) is 0 Å². The molecule has 8 heteroatoms. The van der Waals surface area contributed by atoms with Gasteiger partial charge in [-0.3, -0.25) is 9.69 Å². The Morgan fingerprint density at radius 3 is 2.43 bits per heavy atom. The van der Waals surface area contributed by atoms with Gasteiger partial charge in [0.05, 0.1) is 5.56 Å². The summed E-state index contributed by atoms with van der Waals surface area (Å²) < 4.78 is 13.6. The largest absolute Gasteiger partial charge is 0.465 e. The Hall–Kier alpha value is -1.89. The molecule has 0 bridgehead atoms. The Morgan fingerprint density at radius 1 is 1.48 bits per heavy atom. The molecule has 0 spiro atoms. The first-order valence-electron chi connectivity index (χ1n) is 7.22. The zero-order chi connectivity index (χ0) is 17.5. The van der Waals surface area contributed by atoms with Crippen LogP contribution in [0.4, 0.5) is 15.0 Å². The second-order valence-electron chi connectivity index (χ2n) is 6.80. The van der Waals surface area contributed by atoms with E-state index in [1.165, 1.54) is 0 Å². The second kappa shape index (κ2) is 5.96. The lowest BCUT2D eigenvalue weighted by Crippen LogP contribution is -2.49. The van der Waals surface area contributed by atoms with Crippen molar-refractivity contribution in [3.8, 4) is 0 Å². The van der Waals surface area contributed by atoms with Crippen LogP contribution in [0.3, 0.4) is 0 Å². The van der Waals surface area contributed by atoms with Crippen molar-refractivity contribution in [2.75, 3.05) is 4.90 Å². The minimum atomic E-state index is -1.28. The fourth-order valence-electron chi connectivity index (χ4n) is 2.88. The van der Waals surface area contributed by atoms with E-state index in [2.05, 4.69) is 4.98 Å². The van der Waals surface area contributed by atoms with Gasteiger partial charge in [0, 0.05) is 6.04 Å². The Balaban J connectivity index is 2.64. The first kappa shape index (κ1) is 17.5. The number of nitrogens with zero attached hydrogens (tertiary/aromatic N) is 2. The van der Waals surface area contributed by atoms with Crippen molar-refractivity contribution in [2.45, 2.75) is 39.7 Å². The van der Waals surface area contributed by atoms with Crippen LogP contribution >= 0.6 is 11.6 Å². The van der Waals surface area contributed by atoms with Gasteiger partial charge >= 0.3 is 6.09 Å². The zero-order valence-corrected chi connectivity index (χ0v) is 13.9. The Morgan fingerprint density at radius 2 is 2.04 bits per heavy atom. The number of carboxylic acid groups (broad SMARTS) is 1. The number of aromatic nitrogens is 1. The second-order valence-corrected chi connectivity index (χ2v) is 7.16. The number of pyridine rings is 1. The van der Waals surface area contributed by atoms with Gasteiger partial charge < -0.3 is 10.8 Å². The molecule has 1 aliphatic rings. The highest BCUT2D eigenvalue weighted by Gasteiger charge is 2.46. The van der Waals surface area contributed by atoms with Crippen molar-refractivity contribution in [3.05, 3.63) is 22.6 Å². The van der Waals surface area contributed by atoms with Crippen LogP contribution in [-0.4, -0.2) is 28.1 Å². The molecule has 1 aromatic heterocycles. The summed E-state index contributed by atoms with van der Waals surface area (Å²) >= 11 is 5.70. The lowest BCUT2D eigenvalue weighted by molar-refractivity contribution is 0.0999. The molecular weight excluding hydrogens is 325 g/mol. The molecule has 1 unspecified atom stereocenters. The van der Waals surface area contributed by atoms with E-state index >= 15 is 0 Å². The van der Waals surface area contributed by atoms with Gasteiger partial charge in [-0.2, -0.15) is 0 Å². The molecule has 0 aromatic carbocycles. The number of carbonyl (C=O) groups is 2. The van der Waals surface area contributed by atoms with Crippen molar-refractivity contribution < 1.29 is 19.1 Å². The average Bonchev–Trinajstić information content (AvgIpc) is 3.20. The van der Waals surface area contributed by atoms with E-state index in [1.807, 2.05) is 20.8 Å². The molecule has 0 aliphatic heterocycles. The molecule has 0 saturated heterocycles. The van der Waals surface area contributed by atoms with Crippen LogP contribution < -0.4 is 10.6 Å². The van der Waals surface area contributed by atoms with E-state index in [0.717, 1.165) is 23.8 Å². The molecule has 23 heavy (non-hydrogen) atoms. The first-order valence-corrected chi connectivity index (χ1v) is 7.59. The minimum Gasteiger partial charge on any atom is -0.465 e. The highest BCUT2D eigenvalue weighted by Crippen LogP contribution is 2.45. The van der Waals surface area contributed by atoms with Gasteiger partial charge in [-0.15, -0.1) is 0 Å². The van der Waals surface area contributed by atoms with Crippen molar-refractivity contribution in [1.29, 1.82) is 0 Å². The normalized spacial score (nSPS) is 16.0. The van der Waals surface area contributed by atoms with E-state index in [9.17, 15) is 19.1 Å². The Kier molecular flexibility index (Phi) is 4.52. The molecule has 126 valence electrons. The summed E-state index contributed by atoms with van der Waals surface area (Å²) in [5.41, 5.74) is 4.56. The zero-order valence-electron chi connectivity index (χ0n) is 13.1. The van der Waals surface area contributed by atoms with Gasteiger partial charge in [0.2, 0.25) is 0 Å². The summed E-state index contributed by atoms with van der Waals surface area (Å²) in [6.07, 6.45) is 0.480. The van der Waals surface area contributed by atoms with Crippen molar-refractivity contribution in [3.63, 3.8) is 0 Å². The summed E-state index contributed by atoms with van der Waals surface area (Å²) in [6.45, 7) is 5.71. The van der Waals surface area contributed by atoms with Crippen LogP contribution in [0.1, 0.15) is 44.0 Å². The Bertz CT molecular complexity index is 656. The molecule has 1 fully saturated rings. The Labute approximate surface area is 138 Å². The summed E-state index contributed by atoms with van der Waals surface area (Å²) in [6, 6.07) is 0.405. The third-order valence-corrected chi connectivity index (χ3v) is 4.11. The molecule has 2 rings (SSSR count). The maximum atomic E-state index is 13.6. The van der Waals surface area contributed by atoms with Crippen molar-refractivity contribution >= 4 is 29.4 Å². The van der Waals surface area contributed by atoms with E-state index < -0.39 is 34.4 Å². The number of carbonyl (C=O) groups excluding carboxylic acids is 1. The molecule has 1 aliphatic carbocycles. The minimum absolute atomic E-state index is 0.150. The maximum Gasteiger partial charge on any atom is 0.413 e. The summed E-state index contributed by atoms with van der Waals surface area (Å²) in [5.74, 6) is -1.95. The summed E-state index contributed by atoms with van der Waals surface area (Å²) in [5, 5.41) is 9.20. The van der Waals surface area contributed by atoms with Gasteiger partial charge in [-0.1, -0.05) is 32.4 Å². The van der Waals surface area contributed by atoms with Crippen molar-refractivity contribution in [2.24, 2.45) is 17.1 Å². The van der Waals surface area contributed by atoms with Gasteiger partial charge in [-0.05, 0) is 30.2 Å². The van der Waals surface area contributed by atoms with Gasteiger partial charge in [0.25, 0.3) is 5.91 Å². The maximum absolute atomic E-state index is 13.6. The van der Waals surface area contributed by atoms with E-state index in [-0.39, 0.29) is 17.3 Å². The molecular formula is C15H19ClFN3O3. The number of hydrogen-bond acceptors (Lipinski definition) is 3. The highest BCUT2D eigenvalue weighted by molar-refractivity contribution is 6.29. The fourth-order valence-corrected chi connectivity index (χ4v) is 3.02. The third kappa shape index (κ3) is 3.55. The van der Waals surface area contributed by atoms with Gasteiger partial charge in [0.1, 0.15) is 0 Å². The van der Waals surface area contributed by atoms with Crippen LogP contribution in [0.5, 0.6) is 0 Å². The molecule has 2 amide bonds.